The molecular formula is C16H21FN2O2. The number of nitrogens with zero attached hydrogens (tertiary/aromatic N) is 2. The molecule has 0 aromatic heterocycles. The minimum Gasteiger partial charge on any atom is -0.465 e. The molecular weight excluding hydrogens is 271 g/mol. The minimum absolute atomic E-state index is 0.149. The van der Waals surface area contributed by atoms with E-state index in [1.54, 1.807) is 6.07 Å². The van der Waals surface area contributed by atoms with E-state index in [9.17, 15) is 14.3 Å². The highest BCUT2D eigenvalue weighted by molar-refractivity contribution is 5.66. The van der Waals surface area contributed by atoms with Crippen LogP contribution in [0.15, 0.2) is 18.2 Å². The van der Waals surface area contributed by atoms with Crippen molar-refractivity contribution < 1.29 is 14.3 Å². The van der Waals surface area contributed by atoms with Gasteiger partial charge in [-0.2, -0.15) is 0 Å². The van der Waals surface area contributed by atoms with Gasteiger partial charge in [-0.1, -0.05) is 6.07 Å². The molecule has 0 spiro atoms. The van der Waals surface area contributed by atoms with Gasteiger partial charge in [0.2, 0.25) is 0 Å². The summed E-state index contributed by atoms with van der Waals surface area (Å²) in [5.74, 6) is 0.0287. The summed E-state index contributed by atoms with van der Waals surface area (Å²) in [4.78, 5) is 15.4. The van der Waals surface area contributed by atoms with Crippen molar-refractivity contribution in [1.29, 1.82) is 0 Å². The average Bonchev–Trinajstić information content (AvgIpc) is 2.77. The van der Waals surface area contributed by atoms with E-state index >= 15 is 0 Å². The van der Waals surface area contributed by atoms with Crippen LogP contribution in [0, 0.1) is 18.7 Å². The topological polar surface area (TPSA) is 43.8 Å². The third-order valence-electron chi connectivity index (χ3n) is 4.76. The molecule has 1 aromatic carbocycles. The van der Waals surface area contributed by atoms with Gasteiger partial charge in [-0.05, 0) is 62.0 Å². The lowest BCUT2D eigenvalue weighted by atomic mass is 9.90. The van der Waals surface area contributed by atoms with Crippen molar-refractivity contribution in [3.05, 3.63) is 35.1 Å². The summed E-state index contributed by atoms with van der Waals surface area (Å²) < 4.78 is 13.3. The number of benzene rings is 1. The number of likely N-dealkylation sites (tertiary alicyclic amines) is 2. The molecule has 2 aliphatic rings. The Morgan fingerprint density at radius 1 is 1.38 bits per heavy atom. The SMILES string of the molecule is Cc1cc(F)ccc1[C@H]1[C@H](CN2CCC2)CCN1C(=O)O. The van der Waals surface area contributed by atoms with Crippen LogP contribution in [0.4, 0.5) is 9.18 Å². The van der Waals surface area contributed by atoms with Gasteiger partial charge in [0, 0.05) is 13.1 Å². The van der Waals surface area contributed by atoms with Crippen LogP contribution in [-0.4, -0.2) is 47.2 Å². The average molecular weight is 292 g/mol. The maximum atomic E-state index is 13.3. The smallest absolute Gasteiger partial charge is 0.407 e. The molecule has 1 amide bonds. The van der Waals surface area contributed by atoms with E-state index in [-0.39, 0.29) is 11.9 Å². The lowest BCUT2D eigenvalue weighted by Crippen LogP contribution is -2.42. The van der Waals surface area contributed by atoms with Crippen LogP contribution < -0.4 is 0 Å². The predicted molar refractivity (Wildman–Crippen MR) is 77.8 cm³/mol. The molecule has 2 heterocycles. The van der Waals surface area contributed by atoms with E-state index in [1.165, 1.54) is 23.5 Å². The zero-order valence-electron chi connectivity index (χ0n) is 12.3. The second-order valence-corrected chi connectivity index (χ2v) is 6.12. The Morgan fingerprint density at radius 3 is 2.71 bits per heavy atom. The zero-order valence-corrected chi connectivity index (χ0v) is 12.3. The standard InChI is InChI=1S/C16H21FN2O2/c1-11-9-13(17)3-4-14(11)15-12(10-18-6-2-7-18)5-8-19(15)16(20)21/h3-4,9,12,15H,2,5-8,10H2,1H3,(H,20,21)/t12-,15+/m0/s1. The van der Waals surface area contributed by atoms with Crippen LogP contribution in [-0.2, 0) is 0 Å². The van der Waals surface area contributed by atoms with Gasteiger partial charge >= 0.3 is 6.09 Å². The Morgan fingerprint density at radius 2 is 2.14 bits per heavy atom. The molecule has 2 fully saturated rings. The molecule has 0 aliphatic carbocycles. The van der Waals surface area contributed by atoms with E-state index < -0.39 is 6.09 Å². The fraction of sp³-hybridized carbons (Fsp3) is 0.562. The van der Waals surface area contributed by atoms with E-state index in [2.05, 4.69) is 4.90 Å². The molecule has 21 heavy (non-hydrogen) atoms. The van der Waals surface area contributed by atoms with Gasteiger partial charge in [-0.3, -0.25) is 0 Å². The summed E-state index contributed by atoms with van der Waals surface area (Å²) in [7, 11) is 0. The summed E-state index contributed by atoms with van der Waals surface area (Å²) >= 11 is 0. The molecule has 3 rings (SSSR count). The molecule has 0 bridgehead atoms. The van der Waals surface area contributed by atoms with Gasteiger partial charge < -0.3 is 14.9 Å². The number of carbonyl (C=O) groups is 1. The zero-order chi connectivity index (χ0) is 15.0. The van der Waals surface area contributed by atoms with E-state index in [4.69, 9.17) is 0 Å². The number of amides is 1. The first-order valence-corrected chi connectivity index (χ1v) is 7.54. The largest absolute Gasteiger partial charge is 0.465 e. The van der Waals surface area contributed by atoms with Crippen LogP contribution in [0.25, 0.3) is 0 Å². The van der Waals surface area contributed by atoms with Crippen LogP contribution in [0.5, 0.6) is 0 Å². The number of hydrogen-bond acceptors (Lipinski definition) is 2. The molecule has 0 saturated carbocycles. The lowest BCUT2D eigenvalue weighted by Gasteiger charge is -2.36. The summed E-state index contributed by atoms with van der Waals surface area (Å²) in [6, 6.07) is 4.53. The second kappa shape index (κ2) is 5.64. The third kappa shape index (κ3) is 2.75. The molecule has 1 aromatic rings. The number of hydrogen-bond donors (Lipinski definition) is 1. The quantitative estimate of drug-likeness (QED) is 0.931. The Hall–Kier alpha value is -1.62. The molecule has 4 nitrogen and oxygen atoms in total. The van der Waals surface area contributed by atoms with Crippen molar-refractivity contribution in [2.45, 2.75) is 25.8 Å². The number of rotatable bonds is 3. The Bertz CT molecular complexity index is 545. The summed E-state index contributed by atoms with van der Waals surface area (Å²) in [6.45, 7) is 5.58. The molecule has 0 unspecified atom stereocenters. The summed E-state index contributed by atoms with van der Waals surface area (Å²) in [5.41, 5.74) is 1.78. The fourth-order valence-electron chi connectivity index (χ4n) is 3.55. The minimum atomic E-state index is -0.880. The van der Waals surface area contributed by atoms with Gasteiger partial charge in [-0.25, -0.2) is 9.18 Å². The summed E-state index contributed by atoms with van der Waals surface area (Å²) in [5, 5.41) is 9.45. The number of carboxylic acid groups (broad SMARTS) is 1. The van der Waals surface area contributed by atoms with Gasteiger partial charge in [-0.15, -0.1) is 0 Å². The maximum absolute atomic E-state index is 13.3. The van der Waals surface area contributed by atoms with E-state index in [1.807, 2.05) is 6.92 Å². The Kier molecular flexibility index (Phi) is 3.85. The molecule has 2 aliphatic heterocycles. The Labute approximate surface area is 124 Å². The predicted octanol–water partition coefficient (Wildman–Crippen LogP) is 2.88. The van der Waals surface area contributed by atoms with Gasteiger partial charge in [0.1, 0.15) is 5.82 Å². The van der Waals surface area contributed by atoms with Crippen molar-refractivity contribution in [2.24, 2.45) is 5.92 Å². The van der Waals surface area contributed by atoms with Crippen molar-refractivity contribution >= 4 is 6.09 Å². The highest BCUT2D eigenvalue weighted by Gasteiger charge is 2.40. The molecule has 2 atom stereocenters. The van der Waals surface area contributed by atoms with Crippen LogP contribution in [0.3, 0.4) is 0 Å². The van der Waals surface area contributed by atoms with Crippen LogP contribution in [0.1, 0.15) is 30.0 Å². The highest BCUT2D eigenvalue weighted by atomic mass is 19.1. The molecule has 1 N–H and O–H groups in total. The molecule has 114 valence electrons. The molecule has 5 heteroatoms. The van der Waals surface area contributed by atoms with Gasteiger partial charge in [0.15, 0.2) is 0 Å². The van der Waals surface area contributed by atoms with E-state index in [0.29, 0.717) is 12.5 Å². The van der Waals surface area contributed by atoms with Crippen molar-refractivity contribution in [1.82, 2.24) is 9.80 Å². The maximum Gasteiger partial charge on any atom is 0.407 e. The molecule has 2 saturated heterocycles. The van der Waals surface area contributed by atoms with Crippen LogP contribution >= 0.6 is 0 Å². The third-order valence-corrected chi connectivity index (χ3v) is 4.76. The Balaban J connectivity index is 1.88. The van der Waals surface area contributed by atoms with Crippen molar-refractivity contribution in [2.75, 3.05) is 26.2 Å². The highest BCUT2D eigenvalue weighted by Crippen LogP contribution is 2.39. The van der Waals surface area contributed by atoms with Crippen molar-refractivity contribution in [3.63, 3.8) is 0 Å². The van der Waals surface area contributed by atoms with Gasteiger partial charge in [0.05, 0.1) is 6.04 Å². The monoisotopic (exact) mass is 292 g/mol. The first-order valence-electron chi connectivity index (χ1n) is 7.54. The van der Waals surface area contributed by atoms with E-state index in [0.717, 1.165) is 37.2 Å². The number of halogens is 1. The summed E-state index contributed by atoms with van der Waals surface area (Å²) in [6.07, 6.45) is 1.23. The number of aryl methyl sites for hydroxylation is 1. The lowest BCUT2D eigenvalue weighted by molar-refractivity contribution is 0.114. The molecule has 0 radical (unpaired) electrons. The second-order valence-electron chi connectivity index (χ2n) is 6.12. The fourth-order valence-corrected chi connectivity index (χ4v) is 3.55. The normalized spacial score (nSPS) is 25.9. The first kappa shape index (κ1) is 14.3. The van der Waals surface area contributed by atoms with Gasteiger partial charge in [0.25, 0.3) is 0 Å². The first-order chi connectivity index (χ1) is 10.1. The van der Waals surface area contributed by atoms with Crippen LogP contribution in [0.2, 0.25) is 0 Å². The van der Waals surface area contributed by atoms with Crippen molar-refractivity contribution in [3.8, 4) is 0 Å².